The predicted octanol–water partition coefficient (Wildman–Crippen LogP) is 5.56. The van der Waals surface area contributed by atoms with Gasteiger partial charge in [-0.25, -0.2) is 4.39 Å². The molecule has 2 saturated heterocycles. The highest BCUT2D eigenvalue weighted by molar-refractivity contribution is 6.31. The zero-order valence-corrected chi connectivity index (χ0v) is 24.2. The van der Waals surface area contributed by atoms with Crippen molar-refractivity contribution in [2.45, 2.75) is 63.5 Å². The van der Waals surface area contributed by atoms with Crippen molar-refractivity contribution in [3.63, 3.8) is 0 Å². The average molecular weight is 577 g/mol. The molecule has 2 aromatic rings. The third-order valence-corrected chi connectivity index (χ3v) is 8.81. The molecule has 0 radical (unpaired) electrons. The van der Waals surface area contributed by atoms with E-state index in [4.69, 9.17) is 27.9 Å². The van der Waals surface area contributed by atoms with E-state index in [1.54, 1.807) is 24.3 Å². The van der Waals surface area contributed by atoms with Crippen molar-refractivity contribution >= 4 is 40.6 Å². The van der Waals surface area contributed by atoms with Crippen molar-refractivity contribution in [1.82, 2.24) is 10.2 Å². The van der Waals surface area contributed by atoms with Gasteiger partial charge in [-0.3, -0.25) is 14.5 Å². The van der Waals surface area contributed by atoms with Crippen molar-refractivity contribution in [2.24, 2.45) is 5.41 Å². The minimum atomic E-state index is -1.22. The number of nitrogens with one attached hydrogen (secondary N) is 2. The van der Waals surface area contributed by atoms with Crippen LogP contribution in [0.1, 0.15) is 57.1 Å². The van der Waals surface area contributed by atoms with Gasteiger partial charge in [0.15, 0.2) is 0 Å². The van der Waals surface area contributed by atoms with Crippen LogP contribution in [0.4, 0.5) is 10.1 Å². The lowest BCUT2D eigenvalue weighted by Crippen LogP contribution is -2.49. The minimum Gasteiger partial charge on any atom is -0.379 e. The Balaban J connectivity index is 1.59. The molecule has 9 heteroatoms. The molecule has 0 aliphatic carbocycles. The zero-order chi connectivity index (χ0) is 27.9. The number of hydrogen-bond acceptors (Lipinski definition) is 5. The molecule has 6 nitrogen and oxygen atoms in total. The summed E-state index contributed by atoms with van der Waals surface area (Å²) in [5.74, 6) is -1.67. The molecule has 3 aliphatic rings. The van der Waals surface area contributed by atoms with Crippen LogP contribution < -0.4 is 10.6 Å². The molecule has 0 saturated carbocycles. The molecule has 210 valence electrons. The van der Waals surface area contributed by atoms with Crippen LogP contribution >= 0.6 is 23.2 Å². The summed E-state index contributed by atoms with van der Waals surface area (Å²) < 4.78 is 21.2. The summed E-state index contributed by atoms with van der Waals surface area (Å²) in [6.45, 7) is 10.2. The normalized spacial score (nSPS) is 27.1. The van der Waals surface area contributed by atoms with E-state index < -0.39 is 29.2 Å². The molecule has 2 aromatic carbocycles. The molecule has 3 heterocycles. The number of anilines is 1. The first-order valence-corrected chi connectivity index (χ1v) is 14.4. The number of nitrogens with zero attached hydrogens (tertiary/aromatic N) is 1. The standard InChI is InChI=1S/C30H36Cl2FN3O3/c1-29(2,3)17-24-30(20-10-9-18(31)16-22(20)34-28(30)38)25(19-6-4-7-21(32)26(19)33)27(35-24)23(37)8-5-11-36-12-14-39-15-13-36/h4,6-7,9-10,16,24-25,27,35H,5,8,11-15,17H2,1-3H3,(H,34,38)/t24-,25-,27-,30+/m0/s1. The van der Waals surface area contributed by atoms with Gasteiger partial charge in [-0.15, -0.1) is 0 Å². The van der Waals surface area contributed by atoms with E-state index in [2.05, 4.69) is 36.3 Å². The van der Waals surface area contributed by atoms with Crippen LogP contribution in [0.15, 0.2) is 36.4 Å². The van der Waals surface area contributed by atoms with Gasteiger partial charge >= 0.3 is 0 Å². The zero-order valence-electron chi connectivity index (χ0n) is 22.7. The van der Waals surface area contributed by atoms with Crippen LogP contribution in [-0.4, -0.2) is 61.5 Å². The van der Waals surface area contributed by atoms with Gasteiger partial charge in [0, 0.05) is 42.2 Å². The molecule has 0 aromatic heterocycles. The molecule has 0 bridgehead atoms. The van der Waals surface area contributed by atoms with Crippen LogP contribution in [0.2, 0.25) is 10.0 Å². The molecule has 3 aliphatic heterocycles. The van der Waals surface area contributed by atoms with Gasteiger partial charge in [0.1, 0.15) is 17.0 Å². The Bertz CT molecular complexity index is 1260. The van der Waals surface area contributed by atoms with E-state index >= 15 is 4.39 Å². The van der Waals surface area contributed by atoms with E-state index in [-0.39, 0.29) is 27.7 Å². The molecule has 2 N–H and O–H groups in total. The molecular formula is C30H36Cl2FN3O3. The molecular weight excluding hydrogens is 540 g/mol. The molecule has 0 unspecified atom stereocenters. The lowest BCUT2D eigenvalue weighted by atomic mass is 9.62. The number of morpholine rings is 1. The Morgan fingerprint density at radius 2 is 1.92 bits per heavy atom. The van der Waals surface area contributed by atoms with Gasteiger partial charge in [0.05, 0.1) is 24.3 Å². The number of carbonyl (C=O) groups is 2. The molecule has 5 rings (SSSR count). The smallest absolute Gasteiger partial charge is 0.237 e. The molecule has 39 heavy (non-hydrogen) atoms. The number of amides is 1. The van der Waals surface area contributed by atoms with Crippen molar-refractivity contribution < 1.29 is 18.7 Å². The minimum absolute atomic E-state index is 0.0290. The van der Waals surface area contributed by atoms with E-state index in [1.165, 1.54) is 6.07 Å². The quantitative estimate of drug-likeness (QED) is 0.452. The van der Waals surface area contributed by atoms with Gasteiger partial charge in [-0.1, -0.05) is 62.2 Å². The Kier molecular flexibility index (Phi) is 8.11. The summed E-state index contributed by atoms with van der Waals surface area (Å²) in [5, 5.41) is 7.04. The van der Waals surface area contributed by atoms with Crippen molar-refractivity contribution in [3.05, 3.63) is 63.4 Å². The fourth-order valence-corrected chi connectivity index (χ4v) is 7.02. The average Bonchev–Trinajstić information content (AvgIpc) is 3.35. The predicted molar refractivity (Wildman–Crippen MR) is 152 cm³/mol. The Labute approximate surface area is 239 Å². The van der Waals surface area contributed by atoms with Crippen LogP contribution in [0.25, 0.3) is 0 Å². The van der Waals surface area contributed by atoms with Gasteiger partial charge in [-0.2, -0.15) is 0 Å². The van der Waals surface area contributed by atoms with E-state index in [1.807, 2.05) is 6.07 Å². The number of Topliss-reactive ketones (excluding diaryl/α,β-unsaturated/α-hetero) is 1. The van der Waals surface area contributed by atoms with Gasteiger partial charge in [0.2, 0.25) is 5.91 Å². The molecule has 2 fully saturated rings. The summed E-state index contributed by atoms with van der Waals surface area (Å²) in [7, 11) is 0. The number of fused-ring (bicyclic) bond motifs is 2. The van der Waals surface area contributed by atoms with Crippen LogP contribution in [0.3, 0.4) is 0 Å². The maximum absolute atomic E-state index is 15.8. The number of rotatable bonds is 7. The number of hydrogen-bond donors (Lipinski definition) is 2. The van der Waals surface area contributed by atoms with Gasteiger partial charge < -0.3 is 15.4 Å². The largest absolute Gasteiger partial charge is 0.379 e. The Morgan fingerprint density at radius 1 is 1.18 bits per heavy atom. The number of halogens is 3. The van der Waals surface area contributed by atoms with Crippen LogP contribution in [0, 0.1) is 11.2 Å². The summed E-state index contributed by atoms with van der Waals surface area (Å²) in [6.07, 6.45) is 1.59. The first-order valence-electron chi connectivity index (χ1n) is 13.7. The first-order chi connectivity index (χ1) is 18.5. The fraction of sp³-hybridized carbons (Fsp3) is 0.533. The van der Waals surface area contributed by atoms with Crippen LogP contribution in [0.5, 0.6) is 0 Å². The highest BCUT2D eigenvalue weighted by atomic mass is 35.5. The van der Waals surface area contributed by atoms with Gasteiger partial charge in [-0.05, 0) is 54.1 Å². The summed E-state index contributed by atoms with van der Waals surface area (Å²) in [6, 6.07) is 8.96. The van der Waals surface area contributed by atoms with Crippen molar-refractivity contribution in [2.75, 3.05) is 38.2 Å². The number of benzene rings is 2. The number of ether oxygens (including phenoxy) is 1. The lowest BCUT2D eigenvalue weighted by Gasteiger charge is -2.37. The lowest BCUT2D eigenvalue weighted by molar-refractivity contribution is -0.122. The van der Waals surface area contributed by atoms with E-state index in [0.717, 1.165) is 25.2 Å². The second-order valence-corrected chi connectivity index (χ2v) is 13.0. The van der Waals surface area contributed by atoms with E-state index in [0.29, 0.717) is 43.2 Å². The monoisotopic (exact) mass is 575 g/mol. The molecule has 1 spiro atoms. The summed E-state index contributed by atoms with van der Waals surface area (Å²) in [5.41, 5.74) is 0.207. The third-order valence-electron chi connectivity index (χ3n) is 8.29. The highest BCUT2D eigenvalue weighted by Crippen LogP contribution is 2.57. The number of carbonyl (C=O) groups excluding carboxylic acids is 2. The number of ketones is 1. The second kappa shape index (κ2) is 11.1. The SMILES string of the molecule is CC(C)(C)C[C@@H]1N[C@@H](C(=O)CCCN2CCOCC2)[C@H](c2cccc(Cl)c2F)[C@]12C(=O)Nc1cc(Cl)ccc12. The maximum atomic E-state index is 15.8. The van der Waals surface area contributed by atoms with Crippen molar-refractivity contribution in [1.29, 1.82) is 0 Å². The Morgan fingerprint density at radius 3 is 2.64 bits per heavy atom. The Hall–Kier alpha value is -2.03. The highest BCUT2D eigenvalue weighted by Gasteiger charge is 2.65. The summed E-state index contributed by atoms with van der Waals surface area (Å²) >= 11 is 12.6. The van der Waals surface area contributed by atoms with Crippen molar-refractivity contribution in [3.8, 4) is 0 Å². The molecule has 1 amide bonds. The maximum Gasteiger partial charge on any atom is 0.237 e. The topological polar surface area (TPSA) is 70.7 Å². The summed E-state index contributed by atoms with van der Waals surface area (Å²) in [4.78, 5) is 30.4. The third kappa shape index (κ3) is 5.36. The first kappa shape index (κ1) is 28.5. The van der Waals surface area contributed by atoms with Crippen LogP contribution in [-0.2, 0) is 19.7 Å². The second-order valence-electron chi connectivity index (χ2n) is 12.1. The fourth-order valence-electron chi connectivity index (χ4n) is 6.66. The van der Waals surface area contributed by atoms with E-state index in [9.17, 15) is 9.59 Å². The molecule has 4 atom stereocenters. The van der Waals surface area contributed by atoms with Gasteiger partial charge in [0.25, 0.3) is 0 Å².